The summed E-state index contributed by atoms with van der Waals surface area (Å²) in [5.74, 6) is 0. The zero-order valence-electron chi connectivity index (χ0n) is 11.9. The third kappa shape index (κ3) is 5.58. The third-order valence-electron chi connectivity index (χ3n) is 3.63. The van der Waals surface area contributed by atoms with E-state index in [2.05, 4.69) is 0 Å². The van der Waals surface area contributed by atoms with Crippen molar-refractivity contribution in [1.29, 1.82) is 0 Å². The van der Waals surface area contributed by atoms with Crippen LogP contribution in [0.1, 0.15) is 0 Å². The van der Waals surface area contributed by atoms with Gasteiger partial charge in [-0.2, -0.15) is 0 Å². The van der Waals surface area contributed by atoms with Gasteiger partial charge in [0.15, 0.2) is 6.17 Å². The molecule has 20 heavy (non-hydrogen) atoms. The molecule has 0 aliphatic rings. The molecule has 0 aliphatic heterocycles. The Hall–Kier alpha value is -0.320. The van der Waals surface area contributed by atoms with Gasteiger partial charge in [0.25, 0.3) is 0 Å². The molecule has 0 rings (SSSR count). The van der Waals surface area contributed by atoms with Gasteiger partial charge < -0.3 is 35.1 Å². The monoisotopic (exact) mass is 297 g/mol. The van der Waals surface area contributed by atoms with Crippen LogP contribution in [0.2, 0.25) is 0 Å². The predicted octanol–water partition coefficient (Wildman–Crippen LogP) is -3.61. The van der Waals surface area contributed by atoms with Gasteiger partial charge in [-0.15, -0.1) is 0 Å². The second kappa shape index (κ2) is 11.4. The molecule has 0 aromatic carbocycles. The van der Waals surface area contributed by atoms with Crippen LogP contribution in [-0.2, 0) is 0 Å². The average Bonchev–Trinajstić information content (AvgIpc) is 2.41. The molecule has 0 saturated carbocycles. The number of aliphatic hydroxyl groups excluding tert-OH is 6. The largest absolute Gasteiger partial charge is 0.395 e. The molecule has 0 aromatic heterocycles. The molecule has 1 atom stereocenters. The minimum atomic E-state index is -0.513. The predicted molar refractivity (Wildman–Crippen MR) is 72.7 cm³/mol. The van der Waals surface area contributed by atoms with Crippen LogP contribution in [0.4, 0.5) is 0 Å². The van der Waals surface area contributed by atoms with E-state index in [0.717, 1.165) is 0 Å². The van der Waals surface area contributed by atoms with Crippen LogP contribution in [0, 0.1) is 0 Å². The van der Waals surface area contributed by atoms with Crippen LogP contribution in [0.15, 0.2) is 0 Å². The first-order valence-corrected chi connectivity index (χ1v) is 6.90. The minimum absolute atomic E-state index is 0.111. The summed E-state index contributed by atoms with van der Waals surface area (Å²) in [5.41, 5.74) is 0. The summed E-state index contributed by atoms with van der Waals surface area (Å²) in [5, 5.41) is 55.7. The highest BCUT2D eigenvalue weighted by molar-refractivity contribution is 4.65. The SMILES string of the molecule is OCCN(CCO)C(CO)[N+](CCO)(CCO)CCO. The maximum Gasteiger partial charge on any atom is 0.169 e. The molecular formula is C12H29N2O6+. The van der Waals surface area contributed by atoms with E-state index in [0.29, 0.717) is 0 Å². The lowest BCUT2D eigenvalue weighted by molar-refractivity contribution is -0.963. The van der Waals surface area contributed by atoms with Crippen molar-refractivity contribution in [3.8, 4) is 0 Å². The van der Waals surface area contributed by atoms with E-state index in [1.807, 2.05) is 0 Å². The Morgan fingerprint density at radius 3 is 1.30 bits per heavy atom. The van der Waals surface area contributed by atoms with E-state index in [1.165, 1.54) is 0 Å². The Kier molecular flexibility index (Phi) is 11.2. The first kappa shape index (κ1) is 19.7. The molecule has 0 spiro atoms. The number of quaternary nitrogens is 1. The lowest BCUT2D eigenvalue weighted by Gasteiger charge is -2.47. The maximum absolute atomic E-state index is 9.70. The van der Waals surface area contributed by atoms with Crippen molar-refractivity contribution in [2.45, 2.75) is 6.17 Å². The van der Waals surface area contributed by atoms with Crippen LogP contribution < -0.4 is 0 Å². The van der Waals surface area contributed by atoms with Gasteiger partial charge in [0, 0.05) is 13.1 Å². The molecule has 0 saturated heterocycles. The second-order valence-electron chi connectivity index (χ2n) is 4.71. The molecule has 0 aromatic rings. The summed E-state index contributed by atoms with van der Waals surface area (Å²) in [6, 6.07) is 0. The highest BCUT2D eigenvalue weighted by atomic mass is 16.3. The number of aliphatic hydroxyl groups is 6. The number of rotatable bonds is 13. The average molecular weight is 297 g/mol. The quantitative estimate of drug-likeness (QED) is 0.153. The van der Waals surface area contributed by atoms with Crippen molar-refractivity contribution >= 4 is 0 Å². The Balaban J connectivity index is 5.27. The van der Waals surface area contributed by atoms with E-state index in [9.17, 15) is 20.4 Å². The highest BCUT2D eigenvalue weighted by Crippen LogP contribution is 2.17. The molecule has 0 aliphatic carbocycles. The molecule has 122 valence electrons. The van der Waals surface area contributed by atoms with Crippen LogP contribution in [-0.4, -0.2) is 119 Å². The summed E-state index contributed by atoms with van der Waals surface area (Å²) in [6.07, 6.45) is -0.513. The van der Waals surface area contributed by atoms with Gasteiger partial charge in [-0.1, -0.05) is 0 Å². The molecular weight excluding hydrogens is 268 g/mol. The van der Waals surface area contributed by atoms with Crippen molar-refractivity contribution in [3.63, 3.8) is 0 Å². The van der Waals surface area contributed by atoms with E-state index in [-0.39, 0.29) is 76.8 Å². The summed E-state index contributed by atoms with van der Waals surface area (Å²) < 4.78 is 0.111. The molecule has 1 unspecified atom stereocenters. The molecule has 0 heterocycles. The number of nitrogens with zero attached hydrogens (tertiary/aromatic N) is 2. The van der Waals surface area contributed by atoms with Crippen molar-refractivity contribution in [1.82, 2.24) is 4.90 Å². The first-order chi connectivity index (χ1) is 9.65. The Morgan fingerprint density at radius 2 is 1.05 bits per heavy atom. The Morgan fingerprint density at radius 1 is 0.650 bits per heavy atom. The summed E-state index contributed by atoms with van der Waals surface area (Å²) >= 11 is 0. The van der Waals surface area contributed by atoms with Crippen LogP contribution in [0.5, 0.6) is 0 Å². The fourth-order valence-corrected chi connectivity index (χ4v) is 2.68. The van der Waals surface area contributed by atoms with Crippen molar-refractivity contribution < 1.29 is 35.1 Å². The smallest absolute Gasteiger partial charge is 0.169 e. The lowest BCUT2D eigenvalue weighted by Crippen LogP contribution is -2.67. The normalized spacial score (nSPS) is 13.9. The van der Waals surface area contributed by atoms with Gasteiger partial charge in [0.1, 0.15) is 26.2 Å². The van der Waals surface area contributed by atoms with Gasteiger partial charge in [-0.05, 0) is 0 Å². The van der Waals surface area contributed by atoms with Crippen molar-refractivity contribution in [2.24, 2.45) is 0 Å². The fourth-order valence-electron chi connectivity index (χ4n) is 2.68. The third-order valence-corrected chi connectivity index (χ3v) is 3.63. The van der Waals surface area contributed by atoms with Crippen molar-refractivity contribution in [3.05, 3.63) is 0 Å². The second-order valence-corrected chi connectivity index (χ2v) is 4.71. The van der Waals surface area contributed by atoms with Crippen LogP contribution >= 0.6 is 0 Å². The first-order valence-electron chi connectivity index (χ1n) is 6.90. The molecule has 0 fully saturated rings. The van der Waals surface area contributed by atoms with E-state index < -0.39 is 6.17 Å². The van der Waals surface area contributed by atoms with Gasteiger partial charge in [-0.25, -0.2) is 4.90 Å². The molecule has 0 bridgehead atoms. The molecule has 0 amide bonds. The number of hydrogen-bond acceptors (Lipinski definition) is 7. The number of hydrogen-bond donors (Lipinski definition) is 6. The van der Waals surface area contributed by atoms with E-state index >= 15 is 0 Å². The van der Waals surface area contributed by atoms with E-state index in [1.54, 1.807) is 4.90 Å². The Bertz CT molecular complexity index is 209. The summed E-state index contributed by atoms with van der Waals surface area (Å²) in [7, 11) is 0. The molecule has 6 N–H and O–H groups in total. The maximum atomic E-state index is 9.70. The van der Waals surface area contributed by atoms with Crippen molar-refractivity contribution in [2.75, 3.05) is 72.4 Å². The Labute approximate surface area is 119 Å². The zero-order chi connectivity index (χ0) is 15.4. The summed E-state index contributed by atoms with van der Waals surface area (Å²) in [4.78, 5) is 1.71. The zero-order valence-corrected chi connectivity index (χ0v) is 11.9. The summed E-state index contributed by atoms with van der Waals surface area (Å²) in [6.45, 7) is 0.330. The minimum Gasteiger partial charge on any atom is -0.395 e. The van der Waals surface area contributed by atoms with Gasteiger partial charge in [-0.3, -0.25) is 0 Å². The van der Waals surface area contributed by atoms with Gasteiger partial charge >= 0.3 is 0 Å². The fraction of sp³-hybridized carbons (Fsp3) is 1.00. The standard InChI is InChI=1S/C12H29N2O6/c15-6-1-13(2-7-16)12(11-20)14(3-8-17,4-9-18)5-10-19/h12,15-20H,1-11H2/q+1. The highest BCUT2D eigenvalue weighted by Gasteiger charge is 2.39. The molecule has 8 heteroatoms. The topological polar surface area (TPSA) is 125 Å². The van der Waals surface area contributed by atoms with Gasteiger partial charge in [0.2, 0.25) is 0 Å². The van der Waals surface area contributed by atoms with Crippen LogP contribution in [0.25, 0.3) is 0 Å². The lowest BCUT2D eigenvalue weighted by atomic mass is 10.2. The van der Waals surface area contributed by atoms with Crippen LogP contribution in [0.3, 0.4) is 0 Å². The molecule has 0 radical (unpaired) electrons. The van der Waals surface area contributed by atoms with E-state index in [4.69, 9.17) is 10.2 Å². The van der Waals surface area contributed by atoms with Gasteiger partial charge in [0.05, 0.1) is 33.0 Å². The molecule has 8 nitrogen and oxygen atoms in total.